The van der Waals surface area contributed by atoms with Gasteiger partial charge in [0.15, 0.2) is 0 Å². The summed E-state index contributed by atoms with van der Waals surface area (Å²) in [5.41, 5.74) is 1.38. The zero-order chi connectivity index (χ0) is 20.5. The van der Waals surface area contributed by atoms with E-state index in [-0.39, 0.29) is 5.56 Å². The molecule has 1 aromatic carbocycles. The van der Waals surface area contributed by atoms with Crippen LogP contribution in [0.15, 0.2) is 35.3 Å². The third-order valence-electron chi connectivity index (χ3n) is 4.37. The molecule has 0 spiro atoms. The Balaban J connectivity index is 2.10. The lowest BCUT2D eigenvalue weighted by Gasteiger charge is -2.16. The third kappa shape index (κ3) is 6.73. The van der Waals surface area contributed by atoms with E-state index in [9.17, 15) is 4.79 Å². The minimum atomic E-state index is -0.147. The van der Waals surface area contributed by atoms with Gasteiger partial charge < -0.3 is 19.5 Å². The van der Waals surface area contributed by atoms with E-state index in [1.54, 1.807) is 22.9 Å². The number of aromatic nitrogens is 1. The molecule has 0 bridgehead atoms. The summed E-state index contributed by atoms with van der Waals surface area (Å²) in [7, 11) is 4.03. The number of rotatable bonds is 11. The van der Waals surface area contributed by atoms with Crippen LogP contribution in [-0.4, -0.2) is 43.3 Å². The number of ether oxygens (including phenoxy) is 1. The van der Waals surface area contributed by atoms with Crippen molar-refractivity contribution in [3.8, 4) is 5.75 Å². The Morgan fingerprint density at radius 2 is 1.96 bits per heavy atom. The van der Waals surface area contributed by atoms with Gasteiger partial charge in [-0.15, -0.1) is 0 Å². The van der Waals surface area contributed by atoms with E-state index in [4.69, 9.17) is 27.9 Å². The van der Waals surface area contributed by atoms with Crippen molar-refractivity contribution in [3.05, 3.63) is 56.4 Å². The summed E-state index contributed by atoms with van der Waals surface area (Å²) in [5, 5.41) is 4.39. The monoisotopic (exact) mass is 425 g/mol. The summed E-state index contributed by atoms with van der Waals surface area (Å²) in [5.74, 6) is 0.591. The molecular weight excluding hydrogens is 397 g/mol. The van der Waals surface area contributed by atoms with Crippen LogP contribution in [0.3, 0.4) is 0 Å². The number of nitrogens with zero attached hydrogens (tertiary/aromatic N) is 2. The zero-order valence-corrected chi connectivity index (χ0v) is 18.3. The summed E-state index contributed by atoms with van der Waals surface area (Å²) in [6, 6.07) is 6.97. The van der Waals surface area contributed by atoms with Gasteiger partial charge in [0.1, 0.15) is 5.75 Å². The largest absolute Gasteiger partial charge is 0.493 e. The molecule has 0 aliphatic rings. The Morgan fingerprint density at radius 3 is 2.64 bits per heavy atom. The number of hydrogen-bond donors (Lipinski definition) is 1. The van der Waals surface area contributed by atoms with Gasteiger partial charge in [-0.2, -0.15) is 0 Å². The van der Waals surface area contributed by atoms with Crippen molar-refractivity contribution in [3.63, 3.8) is 0 Å². The van der Waals surface area contributed by atoms with Crippen LogP contribution in [0.1, 0.15) is 31.7 Å². The molecule has 5 nitrogen and oxygen atoms in total. The number of halogens is 2. The first-order valence-corrected chi connectivity index (χ1v) is 10.4. The Kier molecular flexibility index (Phi) is 9.16. The topological polar surface area (TPSA) is 46.5 Å². The summed E-state index contributed by atoms with van der Waals surface area (Å²) < 4.78 is 7.22. The summed E-state index contributed by atoms with van der Waals surface area (Å²) in [6.07, 6.45) is 4.96. The quantitative estimate of drug-likeness (QED) is 0.527. The molecule has 154 valence electrons. The van der Waals surface area contributed by atoms with Crippen molar-refractivity contribution in [1.82, 2.24) is 9.47 Å². The maximum atomic E-state index is 12.5. The second-order valence-corrected chi connectivity index (χ2v) is 7.79. The van der Waals surface area contributed by atoms with Crippen LogP contribution in [0, 0.1) is 0 Å². The maximum absolute atomic E-state index is 12.5. The lowest BCUT2D eigenvalue weighted by molar-refractivity contribution is 0.305. The zero-order valence-electron chi connectivity index (χ0n) is 16.8. The number of nitrogens with one attached hydrogen (secondary N) is 1. The highest BCUT2D eigenvalue weighted by Crippen LogP contribution is 2.32. The van der Waals surface area contributed by atoms with Crippen molar-refractivity contribution in [2.24, 2.45) is 0 Å². The number of benzene rings is 1. The van der Waals surface area contributed by atoms with Crippen LogP contribution >= 0.6 is 23.2 Å². The van der Waals surface area contributed by atoms with Gasteiger partial charge in [-0.3, -0.25) is 4.79 Å². The van der Waals surface area contributed by atoms with Gasteiger partial charge in [0.05, 0.1) is 23.9 Å². The fourth-order valence-electron chi connectivity index (χ4n) is 2.72. The van der Waals surface area contributed by atoms with Crippen LogP contribution in [0.25, 0.3) is 0 Å². The summed E-state index contributed by atoms with van der Waals surface area (Å²) in [4.78, 5) is 14.5. The van der Waals surface area contributed by atoms with Gasteiger partial charge in [-0.05, 0) is 38.7 Å². The van der Waals surface area contributed by atoms with Crippen molar-refractivity contribution < 1.29 is 4.74 Å². The third-order valence-corrected chi connectivity index (χ3v) is 5.16. The van der Waals surface area contributed by atoms with E-state index in [2.05, 4.69) is 17.1 Å². The normalized spacial score (nSPS) is 11.1. The van der Waals surface area contributed by atoms with Crippen molar-refractivity contribution in [1.29, 1.82) is 0 Å². The SMILES string of the molecule is CCCCCOc1ccn(Cc2c(Cl)ccc(NCCN(C)C)c2Cl)c(=O)c1. The minimum absolute atomic E-state index is 0.147. The standard InChI is InChI=1S/C21H29Cl2N3O2/c1-4-5-6-13-28-16-9-11-26(20(27)14-16)15-17-18(22)7-8-19(21(17)23)24-10-12-25(2)3/h7-9,11,14,24H,4-6,10,12-13,15H2,1-3H3. The molecular formula is C21H29Cl2N3O2. The fourth-order valence-corrected chi connectivity index (χ4v) is 3.27. The van der Waals surface area contributed by atoms with Crippen LogP contribution in [-0.2, 0) is 6.54 Å². The molecule has 0 saturated carbocycles. The predicted molar refractivity (Wildman–Crippen MR) is 118 cm³/mol. The van der Waals surface area contributed by atoms with E-state index in [0.717, 1.165) is 43.6 Å². The lowest BCUT2D eigenvalue weighted by atomic mass is 10.2. The molecule has 1 heterocycles. The first-order valence-electron chi connectivity index (χ1n) is 9.61. The molecule has 7 heteroatoms. The average Bonchev–Trinajstić information content (AvgIpc) is 2.65. The molecule has 0 aliphatic heterocycles. The smallest absolute Gasteiger partial charge is 0.254 e. The van der Waals surface area contributed by atoms with E-state index in [1.165, 1.54) is 6.07 Å². The number of anilines is 1. The van der Waals surface area contributed by atoms with Gasteiger partial charge in [0.25, 0.3) is 5.56 Å². The van der Waals surface area contributed by atoms with E-state index in [1.807, 2.05) is 20.2 Å². The van der Waals surface area contributed by atoms with E-state index < -0.39 is 0 Å². The highest BCUT2D eigenvalue weighted by Gasteiger charge is 2.12. The molecule has 0 amide bonds. The van der Waals surface area contributed by atoms with Gasteiger partial charge in [-0.1, -0.05) is 43.0 Å². The van der Waals surface area contributed by atoms with Gasteiger partial charge in [-0.25, -0.2) is 0 Å². The molecule has 0 aliphatic carbocycles. The van der Waals surface area contributed by atoms with Crippen LogP contribution < -0.4 is 15.6 Å². The Labute approximate surface area is 177 Å². The Morgan fingerprint density at radius 1 is 1.18 bits per heavy atom. The first-order chi connectivity index (χ1) is 13.4. The van der Waals surface area contributed by atoms with Crippen LogP contribution in [0.5, 0.6) is 5.75 Å². The van der Waals surface area contributed by atoms with E-state index >= 15 is 0 Å². The first kappa shape index (κ1) is 22.6. The van der Waals surface area contributed by atoms with Gasteiger partial charge in [0, 0.05) is 35.9 Å². The summed E-state index contributed by atoms with van der Waals surface area (Å²) in [6.45, 7) is 4.71. The predicted octanol–water partition coefficient (Wildman–Crippen LogP) is 4.75. The number of unbranched alkanes of at least 4 members (excludes halogenated alkanes) is 2. The maximum Gasteiger partial charge on any atom is 0.254 e. The average molecular weight is 426 g/mol. The number of likely N-dealkylation sites (N-methyl/N-ethyl adjacent to an activating group) is 1. The lowest BCUT2D eigenvalue weighted by Crippen LogP contribution is -2.21. The Bertz CT molecular complexity index is 822. The highest BCUT2D eigenvalue weighted by atomic mass is 35.5. The number of hydrogen-bond acceptors (Lipinski definition) is 4. The molecule has 2 aromatic rings. The van der Waals surface area contributed by atoms with Crippen LogP contribution in [0.2, 0.25) is 10.0 Å². The van der Waals surface area contributed by atoms with Crippen molar-refractivity contribution in [2.75, 3.05) is 39.1 Å². The van der Waals surface area contributed by atoms with Crippen molar-refractivity contribution >= 4 is 28.9 Å². The van der Waals surface area contributed by atoms with Gasteiger partial charge in [0.2, 0.25) is 0 Å². The fraction of sp³-hybridized carbons (Fsp3) is 0.476. The molecule has 28 heavy (non-hydrogen) atoms. The number of pyridine rings is 1. The molecule has 0 unspecified atom stereocenters. The minimum Gasteiger partial charge on any atom is -0.493 e. The summed E-state index contributed by atoms with van der Waals surface area (Å²) >= 11 is 12.9. The van der Waals surface area contributed by atoms with Crippen LogP contribution in [0.4, 0.5) is 5.69 Å². The molecule has 1 aromatic heterocycles. The molecule has 0 radical (unpaired) electrons. The second kappa shape index (κ2) is 11.3. The highest BCUT2D eigenvalue weighted by molar-refractivity contribution is 6.37. The molecule has 2 rings (SSSR count). The molecule has 0 fully saturated rings. The van der Waals surface area contributed by atoms with E-state index in [0.29, 0.717) is 28.9 Å². The second-order valence-electron chi connectivity index (χ2n) is 7.00. The van der Waals surface area contributed by atoms with Crippen molar-refractivity contribution in [2.45, 2.75) is 32.7 Å². The van der Waals surface area contributed by atoms with Gasteiger partial charge >= 0.3 is 0 Å². The molecule has 0 saturated heterocycles. The molecule has 1 N–H and O–H groups in total. The Hall–Kier alpha value is -1.69. The molecule has 0 atom stereocenters.